The summed E-state index contributed by atoms with van der Waals surface area (Å²) in [5.41, 5.74) is 7.59. The normalized spacial score (nSPS) is 15.6. The molecule has 0 saturated heterocycles. The molecule has 4 heterocycles. The molecule has 0 unspecified atom stereocenters. The Hall–Kier alpha value is -3.65. The Morgan fingerprint density at radius 3 is 2.85 bits per heavy atom. The number of aromatic nitrogens is 3. The Bertz CT molecular complexity index is 1310. The van der Waals surface area contributed by atoms with Gasteiger partial charge in [-0.1, -0.05) is 17.7 Å². The van der Waals surface area contributed by atoms with E-state index in [2.05, 4.69) is 15.4 Å². The number of nitrogens with one attached hydrogen (secondary N) is 1. The zero-order chi connectivity index (χ0) is 22.9. The molecule has 5 rings (SSSR count). The molecule has 0 saturated carbocycles. The van der Waals surface area contributed by atoms with Crippen molar-refractivity contribution in [2.75, 3.05) is 13.7 Å². The van der Waals surface area contributed by atoms with Crippen molar-refractivity contribution in [3.05, 3.63) is 82.5 Å². The van der Waals surface area contributed by atoms with Crippen LogP contribution in [-0.2, 0) is 0 Å². The molecule has 9 heteroatoms. The van der Waals surface area contributed by atoms with Crippen molar-refractivity contribution in [1.29, 1.82) is 0 Å². The van der Waals surface area contributed by atoms with Crippen molar-refractivity contribution in [2.45, 2.75) is 19.8 Å². The smallest absolute Gasteiger partial charge is 0.238 e. The van der Waals surface area contributed by atoms with Gasteiger partial charge in [0.1, 0.15) is 17.3 Å². The van der Waals surface area contributed by atoms with Crippen LogP contribution >= 0.6 is 11.6 Å². The van der Waals surface area contributed by atoms with Gasteiger partial charge in [-0.2, -0.15) is 0 Å². The number of ether oxygens (including phenoxy) is 1. The van der Waals surface area contributed by atoms with Gasteiger partial charge in [0.05, 0.1) is 29.8 Å². The van der Waals surface area contributed by atoms with Gasteiger partial charge < -0.3 is 9.30 Å². The average Bonchev–Trinajstić information content (AvgIpc) is 3.43. The molecule has 2 aliphatic heterocycles. The lowest BCUT2D eigenvalue weighted by Crippen LogP contribution is -2.37. The van der Waals surface area contributed by atoms with E-state index < -0.39 is 0 Å². The zero-order valence-corrected chi connectivity index (χ0v) is 19.0. The van der Waals surface area contributed by atoms with Crippen molar-refractivity contribution in [3.8, 4) is 11.6 Å². The number of aliphatic imine (C=N–C) groups is 1. The second-order valence-corrected chi connectivity index (χ2v) is 8.22. The third-order valence-corrected chi connectivity index (χ3v) is 5.84. The summed E-state index contributed by atoms with van der Waals surface area (Å²) in [6.07, 6.45) is 9.17. The molecule has 1 N–H and O–H groups in total. The molecule has 7 nitrogen and oxygen atoms in total. The Morgan fingerprint density at radius 2 is 2.09 bits per heavy atom. The first-order valence-corrected chi connectivity index (χ1v) is 10.9. The lowest BCUT2D eigenvalue weighted by Gasteiger charge is -2.27. The Labute approximate surface area is 195 Å². The summed E-state index contributed by atoms with van der Waals surface area (Å²) in [4.78, 5) is 13.6. The number of benzene rings is 1. The van der Waals surface area contributed by atoms with Gasteiger partial charge in [0, 0.05) is 23.9 Å². The molecule has 0 spiro atoms. The average molecular weight is 465 g/mol. The molecule has 0 bridgehead atoms. The minimum atomic E-state index is -0.351. The van der Waals surface area contributed by atoms with Gasteiger partial charge in [-0.25, -0.2) is 19.4 Å². The van der Waals surface area contributed by atoms with E-state index in [9.17, 15) is 4.39 Å². The lowest BCUT2D eigenvalue weighted by atomic mass is 9.98. The quantitative estimate of drug-likeness (QED) is 0.589. The van der Waals surface area contributed by atoms with Crippen LogP contribution in [0.2, 0.25) is 5.02 Å². The third-order valence-electron chi connectivity index (χ3n) is 5.52. The van der Waals surface area contributed by atoms with E-state index in [0.717, 1.165) is 53.4 Å². The number of amidine groups is 1. The second-order valence-electron chi connectivity index (χ2n) is 7.81. The van der Waals surface area contributed by atoms with Gasteiger partial charge >= 0.3 is 0 Å². The van der Waals surface area contributed by atoms with Gasteiger partial charge in [-0.3, -0.25) is 10.4 Å². The molecular formula is C24H22ClFN6O. The number of nitrogens with zero attached hydrogens (tertiary/aromatic N) is 5. The van der Waals surface area contributed by atoms with Crippen LogP contribution in [0.15, 0.2) is 59.7 Å². The molecule has 0 aliphatic carbocycles. The standard InChI is InChI=1S/C24H22ClFN6O/c1-15-13-31(14-27-15)21-9-6-17(28-24(21)33-2)7-10-22-29-23-19(4-3-11-32(23)30-22)18-8-5-16(26)12-20(18)25/h5-10,12-14H,3-4,11H2,1-2H3,(H,29,30). The molecule has 2 aromatic heterocycles. The van der Waals surface area contributed by atoms with Crippen LogP contribution in [0.5, 0.6) is 5.88 Å². The van der Waals surface area contributed by atoms with E-state index in [0.29, 0.717) is 16.7 Å². The van der Waals surface area contributed by atoms with Gasteiger partial charge in [0.2, 0.25) is 5.88 Å². The van der Waals surface area contributed by atoms with Crippen molar-refractivity contribution < 1.29 is 9.13 Å². The molecule has 2 aliphatic rings. The summed E-state index contributed by atoms with van der Waals surface area (Å²) in [5, 5.41) is 2.39. The number of hydrazine groups is 1. The summed E-state index contributed by atoms with van der Waals surface area (Å²) >= 11 is 6.32. The highest BCUT2D eigenvalue weighted by Gasteiger charge is 2.27. The van der Waals surface area contributed by atoms with Gasteiger partial charge in [0.25, 0.3) is 0 Å². The predicted octanol–water partition coefficient (Wildman–Crippen LogP) is 4.77. The van der Waals surface area contributed by atoms with Crippen LogP contribution in [0.4, 0.5) is 4.39 Å². The summed E-state index contributed by atoms with van der Waals surface area (Å²) in [5.74, 6) is 1.66. The molecule has 1 aromatic carbocycles. The van der Waals surface area contributed by atoms with Gasteiger partial charge in [-0.05, 0) is 56.2 Å². The summed E-state index contributed by atoms with van der Waals surface area (Å²) < 4.78 is 20.9. The number of imidazole rings is 1. The number of methoxy groups -OCH3 is 1. The fraction of sp³-hybridized carbons (Fsp3) is 0.208. The Balaban J connectivity index is 1.42. The number of hydrogen-bond donors (Lipinski definition) is 1. The summed E-state index contributed by atoms with van der Waals surface area (Å²) in [6, 6.07) is 8.33. The monoisotopic (exact) mass is 464 g/mol. The van der Waals surface area contributed by atoms with E-state index >= 15 is 0 Å². The van der Waals surface area contributed by atoms with Crippen molar-refractivity contribution in [3.63, 3.8) is 0 Å². The van der Waals surface area contributed by atoms with E-state index in [1.807, 2.05) is 47.0 Å². The fourth-order valence-corrected chi connectivity index (χ4v) is 4.26. The van der Waals surface area contributed by atoms with E-state index in [1.54, 1.807) is 19.5 Å². The number of hydrogen-bond acceptors (Lipinski definition) is 6. The van der Waals surface area contributed by atoms with Crippen molar-refractivity contribution in [1.82, 2.24) is 25.0 Å². The molecule has 0 fully saturated rings. The SMILES string of the molecule is COc1nc(C=CC2=NC3=C(c4ccc(F)cc4Cl)CCCN3N2)ccc1-n1cnc(C)c1. The van der Waals surface area contributed by atoms with Crippen LogP contribution in [-0.4, -0.2) is 39.0 Å². The third kappa shape index (κ3) is 4.21. The van der Waals surface area contributed by atoms with E-state index in [4.69, 9.17) is 21.3 Å². The van der Waals surface area contributed by atoms with Crippen LogP contribution in [0.25, 0.3) is 17.3 Å². The predicted molar refractivity (Wildman–Crippen MR) is 127 cm³/mol. The first-order valence-electron chi connectivity index (χ1n) is 10.6. The minimum absolute atomic E-state index is 0.351. The maximum absolute atomic E-state index is 13.5. The lowest BCUT2D eigenvalue weighted by molar-refractivity contribution is 0.305. The van der Waals surface area contributed by atoms with Crippen molar-refractivity contribution in [2.24, 2.45) is 4.99 Å². The number of rotatable bonds is 5. The first-order chi connectivity index (χ1) is 16.0. The molecular weight excluding hydrogens is 443 g/mol. The summed E-state index contributed by atoms with van der Waals surface area (Å²) in [6.45, 7) is 2.75. The topological polar surface area (TPSA) is 67.6 Å². The number of fused-ring (bicyclic) bond motifs is 1. The highest BCUT2D eigenvalue weighted by Crippen LogP contribution is 2.36. The van der Waals surface area contributed by atoms with Crippen molar-refractivity contribution >= 4 is 29.1 Å². The Morgan fingerprint density at radius 1 is 1.21 bits per heavy atom. The molecule has 168 valence electrons. The van der Waals surface area contributed by atoms with E-state index in [-0.39, 0.29) is 5.82 Å². The van der Waals surface area contributed by atoms with Crippen LogP contribution < -0.4 is 10.2 Å². The number of halogens is 2. The fourth-order valence-electron chi connectivity index (χ4n) is 3.98. The molecule has 0 atom stereocenters. The second kappa shape index (κ2) is 8.71. The number of allylic oxidation sites excluding steroid dienone is 1. The maximum Gasteiger partial charge on any atom is 0.238 e. The van der Waals surface area contributed by atoms with Crippen LogP contribution in [0.3, 0.4) is 0 Å². The highest BCUT2D eigenvalue weighted by atomic mass is 35.5. The molecule has 0 radical (unpaired) electrons. The Kier molecular flexibility index (Phi) is 5.60. The molecule has 0 amide bonds. The van der Waals surface area contributed by atoms with Gasteiger partial charge in [-0.15, -0.1) is 0 Å². The highest BCUT2D eigenvalue weighted by molar-refractivity contribution is 6.32. The van der Waals surface area contributed by atoms with Gasteiger partial charge in [0.15, 0.2) is 5.82 Å². The zero-order valence-electron chi connectivity index (χ0n) is 18.2. The number of aryl methyl sites for hydroxylation is 1. The molecule has 33 heavy (non-hydrogen) atoms. The van der Waals surface area contributed by atoms with Crippen LogP contribution in [0, 0.1) is 12.7 Å². The minimum Gasteiger partial charge on any atom is -0.479 e. The maximum atomic E-state index is 13.5. The largest absolute Gasteiger partial charge is 0.479 e. The molecule has 3 aromatic rings. The first kappa shape index (κ1) is 21.2. The van der Waals surface area contributed by atoms with Crippen LogP contribution in [0.1, 0.15) is 29.8 Å². The summed E-state index contributed by atoms with van der Waals surface area (Å²) in [7, 11) is 1.60. The number of pyridine rings is 1. The van der Waals surface area contributed by atoms with E-state index in [1.165, 1.54) is 12.1 Å².